The van der Waals surface area contributed by atoms with Gasteiger partial charge in [0.15, 0.2) is 0 Å². The maximum Gasteiger partial charge on any atom is 0.254 e. The minimum Gasteiger partial charge on any atom is -0.381 e. The Morgan fingerprint density at radius 1 is 1.36 bits per heavy atom. The van der Waals surface area contributed by atoms with E-state index in [1.165, 1.54) is 0 Å². The molecule has 2 heterocycles. The van der Waals surface area contributed by atoms with Gasteiger partial charge in [-0.15, -0.1) is 0 Å². The molecule has 2 aliphatic rings. The molecule has 3 rings (SSSR count). The molecule has 1 N–H and O–H groups in total. The van der Waals surface area contributed by atoms with Crippen LogP contribution in [0.3, 0.4) is 0 Å². The Hall–Kier alpha value is -1.73. The number of nitrogens with zero attached hydrogens (tertiary/aromatic N) is 2. The SMILES string of the molecule is CO[C@@H]1CC[C@@]2(OC)CCN(C(=O)Cc3c(C)nc(C)[nH]c3=O)[C@H]2C1. The minimum absolute atomic E-state index is 0.00138. The van der Waals surface area contributed by atoms with Gasteiger partial charge in [-0.3, -0.25) is 9.59 Å². The normalized spacial score (nSPS) is 28.9. The van der Waals surface area contributed by atoms with Gasteiger partial charge in [-0.05, 0) is 39.5 Å². The predicted octanol–water partition coefficient (Wildman–Crippen LogP) is 1.11. The Kier molecular flexibility index (Phi) is 4.97. The van der Waals surface area contributed by atoms with Crippen molar-refractivity contribution in [2.75, 3.05) is 20.8 Å². The number of aromatic nitrogens is 2. The molecule has 25 heavy (non-hydrogen) atoms. The second-order valence-electron chi connectivity index (χ2n) is 7.15. The molecule has 0 bridgehead atoms. The molecule has 7 nitrogen and oxygen atoms in total. The molecule has 1 amide bonds. The van der Waals surface area contributed by atoms with Gasteiger partial charge in [0.05, 0.1) is 24.2 Å². The van der Waals surface area contributed by atoms with Gasteiger partial charge >= 0.3 is 0 Å². The lowest BCUT2D eigenvalue weighted by molar-refractivity contribution is -0.140. The third-order valence-corrected chi connectivity index (χ3v) is 5.86. The van der Waals surface area contributed by atoms with Gasteiger partial charge in [0.1, 0.15) is 5.82 Å². The van der Waals surface area contributed by atoms with Crippen molar-refractivity contribution >= 4 is 5.91 Å². The van der Waals surface area contributed by atoms with Gasteiger partial charge in [-0.1, -0.05) is 0 Å². The summed E-state index contributed by atoms with van der Waals surface area (Å²) in [5.74, 6) is 0.522. The highest BCUT2D eigenvalue weighted by Gasteiger charge is 2.52. The fraction of sp³-hybridized carbons (Fsp3) is 0.722. The lowest BCUT2D eigenvalue weighted by atomic mass is 9.79. The van der Waals surface area contributed by atoms with E-state index in [4.69, 9.17) is 9.47 Å². The average Bonchev–Trinajstić information content (AvgIpc) is 2.97. The van der Waals surface area contributed by atoms with Gasteiger partial charge in [0.2, 0.25) is 5.91 Å². The van der Waals surface area contributed by atoms with Crippen LogP contribution in [0.1, 0.15) is 42.8 Å². The van der Waals surface area contributed by atoms with Crippen molar-refractivity contribution in [1.82, 2.24) is 14.9 Å². The highest BCUT2D eigenvalue weighted by Crippen LogP contribution is 2.43. The maximum absolute atomic E-state index is 13.0. The molecular weight excluding hydrogens is 322 g/mol. The molecule has 1 aliphatic carbocycles. The topological polar surface area (TPSA) is 84.5 Å². The molecular formula is C18H27N3O4. The molecule has 1 saturated heterocycles. The van der Waals surface area contributed by atoms with Crippen LogP contribution in [0.5, 0.6) is 0 Å². The molecule has 0 spiro atoms. The van der Waals surface area contributed by atoms with E-state index in [1.807, 2.05) is 4.90 Å². The number of hydrogen-bond acceptors (Lipinski definition) is 5. The minimum atomic E-state index is -0.280. The number of hydrogen-bond donors (Lipinski definition) is 1. The number of aromatic amines is 1. The Morgan fingerprint density at radius 3 is 2.76 bits per heavy atom. The summed E-state index contributed by atoms with van der Waals surface area (Å²) < 4.78 is 11.4. The van der Waals surface area contributed by atoms with Crippen molar-refractivity contribution in [3.8, 4) is 0 Å². The molecule has 2 fully saturated rings. The zero-order valence-corrected chi connectivity index (χ0v) is 15.4. The fourth-order valence-corrected chi connectivity index (χ4v) is 4.39. The maximum atomic E-state index is 13.0. The zero-order valence-electron chi connectivity index (χ0n) is 15.4. The van der Waals surface area contributed by atoms with E-state index < -0.39 is 0 Å². The van der Waals surface area contributed by atoms with Gasteiger partial charge in [0, 0.05) is 32.0 Å². The highest BCUT2D eigenvalue weighted by molar-refractivity contribution is 5.79. The third-order valence-electron chi connectivity index (χ3n) is 5.86. The third kappa shape index (κ3) is 3.22. The van der Waals surface area contributed by atoms with Crippen molar-refractivity contribution in [2.24, 2.45) is 0 Å². The van der Waals surface area contributed by atoms with Crippen molar-refractivity contribution in [1.29, 1.82) is 0 Å². The van der Waals surface area contributed by atoms with Crippen LogP contribution < -0.4 is 5.56 Å². The lowest BCUT2D eigenvalue weighted by Crippen LogP contribution is -2.53. The van der Waals surface area contributed by atoms with Gasteiger partial charge < -0.3 is 19.4 Å². The van der Waals surface area contributed by atoms with E-state index >= 15 is 0 Å². The quantitative estimate of drug-likeness (QED) is 0.880. The van der Waals surface area contributed by atoms with E-state index in [0.29, 0.717) is 23.6 Å². The molecule has 0 unspecified atom stereocenters. The first kappa shape index (κ1) is 18.1. The first-order valence-electron chi connectivity index (χ1n) is 8.84. The lowest BCUT2D eigenvalue weighted by Gasteiger charge is -2.43. The number of H-pyrrole nitrogens is 1. The van der Waals surface area contributed by atoms with Crippen LogP contribution in [-0.2, 0) is 20.7 Å². The average molecular weight is 349 g/mol. The van der Waals surface area contributed by atoms with Crippen molar-refractivity contribution in [3.63, 3.8) is 0 Å². The summed E-state index contributed by atoms with van der Waals surface area (Å²) in [5.41, 5.74) is 0.557. The number of carbonyl (C=O) groups excluding carboxylic acids is 1. The van der Waals surface area contributed by atoms with Crippen LogP contribution in [0.15, 0.2) is 4.79 Å². The summed E-state index contributed by atoms with van der Waals surface area (Å²) in [7, 11) is 3.44. The van der Waals surface area contributed by atoms with Gasteiger partial charge in [0.25, 0.3) is 5.56 Å². The molecule has 7 heteroatoms. The summed E-state index contributed by atoms with van der Waals surface area (Å²) in [6, 6.07) is 0.00138. The Balaban J connectivity index is 1.82. The summed E-state index contributed by atoms with van der Waals surface area (Å²) in [5, 5.41) is 0. The summed E-state index contributed by atoms with van der Waals surface area (Å²) in [6.45, 7) is 4.17. The molecule has 1 aromatic rings. The number of amides is 1. The van der Waals surface area contributed by atoms with E-state index in [9.17, 15) is 9.59 Å². The second-order valence-corrected chi connectivity index (χ2v) is 7.15. The molecule has 0 radical (unpaired) electrons. The number of methoxy groups -OCH3 is 2. The smallest absolute Gasteiger partial charge is 0.254 e. The number of ether oxygens (including phenoxy) is 2. The van der Waals surface area contributed by atoms with Crippen LogP contribution in [0.4, 0.5) is 0 Å². The molecule has 138 valence electrons. The second kappa shape index (κ2) is 6.88. The number of aryl methyl sites for hydroxylation is 2. The Labute approximate surface area is 147 Å². The zero-order chi connectivity index (χ0) is 18.2. The number of fused-ring (bicyclic) bond motifs is 1. The largest absolute Gasteiger partial charge is 0.381 e. The standard InChI is InChI=1S/C18H27N3O4/c1-11-14(17(23)20-12(2)19-11)10-16(22)21-8-7-18(25-4)6-5-13(24-3)9-15(18)21/h13,15H,5-10H2,1-4H3,(H,19,20,23)/t13-,15+,18-/m1/s1. The molecule has 3 atom stereocenters. The van der Waals surface area contributed by atoms with E-state index in [-0.39, 0.29) is 35.6 Å². The number of likely N-dealkylation sites (tertiary alicyclic amines) is 1. The first-order valence-corrected chi connectivity index (χ1v) is 8.84. The van der Waals surface area contributed by atoms with E-state index in [1.54, 1.807) is 28.1 Å². The van der Waals surface area contributed by atoms with Crippen LogP contribution in [0, 0.1) is 13.8 Å². The molecule has 1 aromatic heterocycles. The summed E-state index contributed by atoms with van der Waals surface area (Å²) in [6.07, 6.45) is 3.66. The van der Waals surface area contributed by atoms with Crippen molar-refractivity contribution in [2.45, 2.75) is 63.7 Å². The Bertz CT molecular complexity index is 717. The highest BCUT2D eigenvalue weighted by atomic mass is 16.5. The number of rotatable bonds is 4. The number of nitrogens with one attached hydrogen (secondary N) is 1. The van der Waals surface area contributed by atoms with Crippen LogP contribution in [0.2, 0.25) is 0 Å². The number of carbonyl (C=O) groups is 1. The van der Waals surface area contributed by atoms with Crippen molar-refractivity contribution < 1.29 is 14.3 Å². The molecule has 1 saturated carbocycles. The Morgan fingerprint density at radius 2 is 2.12 bits per heavy atom. The van der Waals surface area contributed by atoms with E-state index in [2.05, 4.69) is 9.97 Å². The van der Waals surface area contributed by atoms with Crippen molar-refractivity contribution in [3.05, 3.63) is 27.4 Å². The van der Waals surface area contributed by atoms with Gasteiger partial charge in [-0.25, -0.2) is 4.98 Å². The fourth-order valence-electron chi connectivity index (χ4n) is 4.39. The van der Waals surface area contributed by atoms with Crippen LogP contribution >= 0.6 is 0 Å². The predicted molar refractivity (Wildman–Crippen MR) is 92.5 cm³/mol. The monoisotopic (exact) mass is 349 g/mol. The molecule has 0 aromatic carbocycles. The molecule has 1 aliphatic heterocycles. The van der Waals surface area contributed by atoms with E-state index in [0.717, 1.165) is 25.7 Å². The van der Waals surface area contributed by atoms with Gasteiger partial charge in [-0.2, -0.15) is 0 Å². The first-order chi connectivity index (χ1) is 11.9. The summed E-state index contributed by atoms with van der Waals surface area (Å²) in [4.78, 5) is 34.0. The van der Waals surface area contributed by atoms with Crippen LogP contribution in [0.25, 0.3) is 0 Å². The van der Waals surface area contributed by atoms with Crippen LogP contribution in [-0.4, -0.2) is 59.3 Å². The summed E-state index contributed by atoms with van der Waals surface area (Å²) >= 11 is 0.